The molecule has 3 N–H and O–H groups in total. The van der Waals surface area contributed by atoms with Crippen LogP contribution in [0.2, 0.25) is 0 Å². The Hall–Kier alpha value is -1.26. The van der Waals surface area contributed by atoms with Gasteiger partial charge in [0.2, 0.25) is 0 Å². The highest BCUT2D eigenvalue weighted by molar-refractivity contribution is 5.74. The maximum Gasteiger partial charge on any atom is 0.315 e. The number of amides is 2. The first kappa shape index (κ1) is 14.8. The summed E-state index contributed by atoms with van der Waals surface area (Å²) in [6.07, 6.45) is 5.41. The van der Waals surface area contributed by atoms with E-state index >= 15 is 0 Å². The lowest BCUT2D eigenvalue weighted by atomic mass is 9.99. The minimum absolute atomic E-state index is 0.0654. The van der Waals surface area contributed by atoms with Gasteiger partial charge in [-0.25, -0.2) is 4.79 Å². The highest BCUT2D eigenvalue weighted by Gasteiger charge is 2.22. The summed E-state index contributed by atoms with van der Waals surface area (Å²) in [7, 11) is 0. The molecule has 1 fully saturated rings. The van der Waals surface area contributed by atoms with Gasteiger partial charge in [-0.1, -0.05) is 12.8 Å². The Labute approximate surface area is 108 Å². The van der Waals surface area contributed by atoms with Gasteiger partial charge in [-0.15, -0.1) is 0 Å². The van der Waals surface area contributed by atoms with E-state index in [9.17, 15) is 9.59 Å². The SMILES string of the molecule is CC(C)(CCC(=O)O)NC(=O)NCC1CCCC1. The third kappa shape index (κ3) is 5.89. The molecule has 104 valence electrons. The lowest BCUT2D eigenvalue weighted by Crippen LogP contribution is -2.49. The number of carbonyl (C=O) groups is 2. The summed E-state index contributed by atoms with van der Waals surface area (Å²) in [6, 6.07) is -0.197. The zero-order chi connectivity index (χ0) is 13.6. The first-order valence-corrected chi connectivity index (χ1v) is 6.67. The van der Waals surface area contributed by atoms with E-state index in [1.807, 2.05) is 13.8 Å². The van der Waals surface area contributed by atoms with Crippen molar-refractivity contribution in [3.8, 4) is 0 Å². The van der Waals surface area contributed by atoms with Crippen molar-refractivity contribution in [1.82, 2.24) is 10.6 Å². The molecule has 0 atom stereocenters. The molecule has 0 aliphatic heterocycles. The van der Waals surface area contributed by atoms with Crippen LogP contribution in [0.3, 0.4) is 0 Å². The van der Waals surface area contributed by atoms with Gasteiger partial charge >= 0.3 is 12.0 Å². The van der Waals surface area contributed by atoms with Gasteiger partial charge in [0.15, 0.2) is 0 Å². The number of nitrogens with one attached hydrogen (secondary N) is 2. The fraction of sp³-hybridized carbons (Fsp3) is 0.846. The molecule has 5 heteroatoms. The van der Waals surface area contributed by atoms with Gasteiger partial charge in [0.1, 0.15) is 0 Å². The third-order valence-corrected chi connectivity index (χ3v) is 3.44. The molecule has 2 amide bonds. The zero-order valence-corrected chi connectivity index (χ0v) is 11.3. The molecule has 0 unspecified atom stereocenters. The van der Waals surface area contributed by atoms with Gasteiger partial charge in [-0.3, -0.25) is 4.79 Å². The molecule has 0 aromatic rings. The second-order valence-corrected chi connectivity index (χ2v) is 5.76. The molecule has 1 aliphatic rings. The number of carbonyl (C=O) groups excluding carboxylic acids is 1. The molecule has 0 radical (unpaired) electrons. The van der Waals surface area contributed by atoms with Gasteiger partial charge in [0.25, 0.3) is 0 Å². The number of rotatable bonds is 6. The van der Waals surface area contributed by atoms with Gasteiger partial charge in [0.05, 0.1) is 0 Å². The summed E-state index contributed by atoms with van der Waals surface area (Å²) < 4.78 is 0. The van der Waals surface area contributed by atoms with Crippen LogP contribution < -0.4 is 10.6 Å². The predicted octanol–water partition coefficient (Wildman–Crippen LogP) is 2.12. The van der Waals surface area contributed by atoms with Crippen LogP contribution in [-0.4, -0.2) is 29.2 Å². The molecule has 0 aromatic carbocycles. The molecule has 5 nitrogen and oxygen atoms in total. The highest BCUT2D eigenvalue weighted by atomic mass is 16.4. The molecule has 18 heavy (non-hydrogen) atoms. The number of aliphatic carboxylic acids is 1. The summed E-state index contributed by atoms with van der Waals surface area (Å²) in [5.41, 5.74) is -0.488. The Bertz CT molecular complexity index is 297. The Kier molecular flexibility index (Phi) is 5.44. The molecule has 0 saturated heterocycles. The van der Waals surface area contributed by atoms with E-state index in [4.69, 9.17) is 5.11 Å². The van der Waals surface area contributed by atoms with Gasteiger partial charge < -0.3 is 15.7 Å². The van der Waals surface area contributed by atoms with Crippen LogP contribution in [0.1, 0.15) is 52.4 Å². The normalized spacial score (nSPS) is 16.6. The lowest BCUT2D eigenvalue weighted by molar-refractivity contribution is -0.137. The van der Waals surface area contributed by atoms with Crippen LogP contribution in [0.25, 0.3) is 0 Å². The van der Waals surface area contributed by atoms with Gasteiger partial charge in [0, 0.05) is 18.5 Å². The fourth-order valence-electron chi connectivity index (χ4n) is 2.28. The molecule has 0 heterocycles. The summed E-state index contributed by atoms with van der Waals surface area (Å²) >= 11 is 0. The van der Waals surface area contributed by atoms with Crippen molar-refractivity contribution in [2.45, 2.75) is 57.9 Å². The number of hydrogen-bond acceptors (Lipinski definition) is 2. The van der Waals surface area contributed by atoms with Gasteiger partial charge in [-0.05, 0) is 39.0 Å². The Morgan fingerprint density at radius 1 is 1.28 bits per heavy atom. The van der Waals surface area contributed by atoms with E-state index < -0.39 is 11.5 Å². The molecular formula is C13H24N2O3. The third-order valence-electron chi connectivity index (χ3n) is 3.44. The highest BCUT2D eigenvalue weighted by Crippen LogP contribution is 2.23. The first-order valence-electron chi connectivity index (χ1n) is 6.67. The van der Waals surface area contributed by atoms with E-state index in [2.05, 4.69) is 10.6 Å². The van der Waals surface area contributed by atoms with E-state index in [1.54, 1.807) is 0 Å². The lowest BCUT2D eigenvalue weighted by Gasteiger charge is -2.26. The second kappa shape index (κ2) is 6.61. The predicted molar refractivity (Wildman–Crippen MR) is 69.4 cm³/mol. The Balaban J connectivity index is 2.22. The van der Waals surface area contributed by atoms with Crippen molar-refractivity contribution in [2.75, 3.05) is 6.54 Å². The quantitative estimate of drug-likeness (QED) is 0.681. The average molecular weight is 256 g/mol. The van der Waals surface area contributed by atoms with Gasteiger partial charge in [-0.2, -0.15) is 0 Å². The maximum absolute atomic E-state index is 11.7. The largest absolute Gasteiger partial charge is 0.481 e. The summed E-state index contributed by atoms with van der Waals surface area (Å²) in [5.74, 6) is -0.228. The minimum Gasteiger partial charge on any atom is -0.481 e. The molecular weight excluding hydrogens is 232 g/mol. The van der Waals surface area contributed by atoms with Crippen molar-refractivity contribution in [1.29, 1.82) is 0 Å². The second-order valence-electron chi connectivity index (χ2n) is 5.76. The molecule has 1 saturated carbocycles. The molecule has 0 spiro atoms. The number of hydrogen-bond donors (Lipinski definition) is 3. The smallest absolute Gasteiger partial charge is 0.315 e. The van der Waals surface area contributed by atoms with Crippen molar-refractivity contribution in [2.24, 2.45) is 5.92 Å². The molecule has 1 aliphatic carbocycles. The standard InChI is InChI=1S/C13H24N2O3/c1-13(2,8-7-11(16)17)15-12(18)14-9-10-5-3-4-6-10/h10H,3-9H2,1-2H3,(H,16,17)(H2,14,15,18). The van der Waals surface area contributed by atoms with Crippen molar-refractivity contribution < 1.29 is 14.7 Å². The molecule has 0 aromatic heterocycles. The van der Waals surface area contributed by atoms with E-state index in [-0.39, 0.29) is 12.5 Å². The maximum atomic E-state index is 11.7. The summed E-state index contributed by atoms with van der Waals surface area (Å²) in [6.45, 7) is 4.40. The number of urea groups is 1. The summed E-state index contributed by atoms with van der Waals surface area (Å²) in [4.78, 5) is 22.2. The first-order chi connectivity index (χ1) is 8.39. The van der Waals surface area contributed by atoms with E-state index in [0.29, 0.717) is 12.3 Å². The number of carboxylic acids is 1. The zero-order valence-electron chi connectivity index (χ0n) is 11.3. The number of carboxylic acid groups (broad SMARTS) is 1. The fourth-order valence-corrected chi connectivity index (χ4v) is 2.28. The molecule has 1 rings (SSSR count). The Morgan fingerprint density at radius 2 is 1.89 bits per heavy atom. The van der Waals surface area contributed by atoms with Crippen LogP contribution >= 0.6 is 0 Å². The van der Waals surface area contributed by atoms with E-state index in [0.717, 1.165) is 6.54 Å². The summed E-state index contributed by atoms with van der Waals surface area (Å²) in [5, 5.41) is 14.3. The average Bonchev–Trinajstić information content (AvgIpc) is 2.76. The van der Waals surface area contributed by atoms with Crippen molar-refractivity contribution in [3.63, 3.8) is 0 Å². The van der Waals surface area contributed by atoms with Crippen LogP contribution in [0.5, 0.6) is 0 Å². The van der Waals surface area contributed by atoms with E-state index in [1.165, 1.54) is 25.7 Å². The van der Waals surface area contributed by atoms with Crippen LogP contribution in [0.4, 0.5) is 4.79 Å². The van der Waals surface area contributed by atoms with Crippen LogP contribution in [0.15, 0.2) is 0 Å². The topological polar surface area (TPSA) is 78.4 Å². The molecule has 0 bridgehead atoms. The van der Waals surface area contributed by atoms with Crippen molar-refractivity contribution in [3.05, 3.63) is 0 Å². The minimum atomic E-state index is -0.837. The van der Waals surface area contributed by atoms with Crippen LogP contribution in [0, 0.1) is 5.92 Å². The van der Waals surface area contributed by atoms with Crippen molar-refractivity contribution >= 4 is 12.0 Å². The van der Waals surface area contributed by atoms with Crippen LogP contribution in [-0.2, 0) is 4.79 Å². The monoisotopic (exact) mass is 256 g/mol. The Morgan fingerprint density at radius 3 is 2.44 bits per heavy atom.